The first-order chi connectivity index (χ1) is 8.55. The molecule has 96 valence electrons. The number of nitrogens with zero attached hydrogens (tertiary/aromatic N) is 3. The SMILES string of the molecule is N#Cc1ncccc1S(=O)(=O)N1CCC(N)CC1. The van der Waals surface area contributed by atoms with E-state index in [9.17, 15) is 8.42 Å². The molecule has 1 saturated heterocycles. The van der Waals surface area contributed by atoms with Crippen molar-refractivity contribution >= 4 is 10.0 Å². The van der Waals surface area contributed by atoms with Crippen molar-refractivity contribution in [2.24, 2.45) is 5.73 Å². The number of rotatable bonds is 2. The summed E-state index contributed by atoms with van der Waals surface area (Å²) >= 11 is 0. The first kappa shape index (κ1) is 13.0. The van der Waals surface area contributed by atoms with Crippen LogP contribution in [0.4, 0.5) is 0 Å². The third-order valence-electron chi connectivity index (χ3n) is 2.99. The Morgan fingerprint density at radius 2 is 2.11 bits per heavy atom. The van der Waals surface area contributed by atoms with Crippen molar-refractivity contribution in [2.75, 3.05) is 13.1 Å². The Bertz CT molecular complexity index is 571. The van der Waals surface area contributed by atoms with Gasteiger partial charge in [0.2, 0.25) is 10.0 Å². The van der Waals surface area contributed by atoms with E-state index in [4.69, 9.17) is 11.0 Å². The fraction of sp³-hybridized carbons (Fsp3) is 0.455. The zero-order valence-electron chi connectivity index (χ0n) is 9.78. The summed E-state index contributed by atoms with van der Waals surface area (Å²) in [6, 6.07) is 4.79. The lowest BCUT2D eigenvalue weighted by Crippen LogP contribution is -2.43. The second-order valence-electron chi connectivity index (χ2n) is 4.20. The van der Waals surface area contributed by atoms with Crippen molar-refractivity contribution in [1.29, 1.82) is 5.26 Å². The average Bonchev–Trinajstić information content (AvgIpc) is 2.39. The molecule has 1 aromatic rings. The normalized spacial score (nSPS) is 18.4. The fourth-order valence-electron chi connectivity index (χ4n) is 1.94. The molecule has 7 heteroatoms. The molecule has 1 aliphatic rings. The number of nitrogens with two attached hydrogens (primary N) is 1. The maximum Gasteiger partial charge on any atom is 0.245 e. The van der Waals surface area contributed by atoms with Crippen molar-refractivity contribution in [1.82, 2.24) is 9.29 Å². The van der Waals surface area contributed by atoms with Gasteiger partial charge in [-0.25, -0.2) is 13.4 Å². The average molecular weight is 266 g/mol. The van der Waals surface area contributed by atoms with Gasteiger partial charge in [0.25, 0.3) is 0 Å². The summed E-state index contributed by atoms with van der Waals surface area (Å²) in [4.78, 5) is 3.76. The minimum absolute atomic E-state index is 0.0250. The van der Waals surface area contributed by atoms with Gasteiger partial charge in [0, 0.05) is 25.3 Å². The van der Waals surface area contributed by atoms with E-state index in [1.165, 1.54) is 22.6 Å². The number of hydrogen-bond donors (Lipinski definition) is 1. The molecule has 0 amide bonds. The van der Waals surface area contributed by atoms with E-state index in [0.29, 0.717) is 25.9 Å². The van der Waals surface area contributed by atoms with Gasteiger partial charge in [0.1, 0.15) is 11.0 Å². The number of sulfonamides is 1. The number of aromatic nitrogens is 1. The van der Waals surface area contributed by atoms with Crippen LogP contribution >= 0.6 is 0 Å². The summed E-state index contributed by atoms with van der Waals surface area (Å²) in [6.45, 7) is 0.784. The van der Waals surface area contributed by atoms with E-state index in [0.717, 1.165) is 0 Å². The zero-order valence-corrected chi connectivity index (χ0v) is 10.6. The van der Waals surface area contributed by atoms with Gasteiger partial charge in [-0.15, -0.1) is 0 Å². The van der Waals surface area contributed by atoms with E-state index >= 15 is 0 Å². The van der Waals surface area contributed by atoms with Crippen LogP contribution in [0, 0.1) is 11.3 Å². The molecule has 6 nitrogen and oxygen atoms in total. The zero-order chi connectivity index (χ0) is 13.2. The molecule has 0 unspecified atom stereocenters. The summed E-state index contributed by atoms with van der Waals surface area (Å²) in [7, 11) is -3.64. The summed E-state index contributed by atoms with van der Waals surface area (Å²) in [5, 5.41) is 8.91. The highest BCUT2D eigenvalue weighted by molar-refractivity contribution is 7.89. The lowest BCUT2D eigenvalue weighted by atomic mass is 10.1. The molecule has 0 aliphatic carbocycles. The second kappa shape index (κ2) is 5.02. The number of piperidine rings is 1. The highest BCUT2D eigenvalue weighted by Crippen LogP contribution is 2.21. The van der Waals surface area contributed by atoms with Gasteiger partial charge in [-0.05, 0) is 25.0 Å². The molecule has 0 aromatic carbocycles. The maximum atomic E-state index is 12.4. The van der Waals surface area contributed by atoms with Gasteiger partial charge in [-0.3, -0.25) is 0 Å². The molecule has 0 spiro atoms. The van der Waals surface area contributed by atoms with Gasteiger partial charge >= 0.3 is 0 Å². The van der Waals surface area contributed by atoms with Crippen LogP contribution < -0.4 is 5.73 Å². The highest BCUT2D eigenvalue weighted by Gasteiger charge is 2.30. The lowest BCUT2D eigenvalue weighted by molar-refractivity contribution is 0.320. The van der Waals surface area contributed by atoms with Gasteiger partial charge in [-0.1, -0.05) is 0 Å². The summed E-state index contributed by atoms with van der Waals surface area (Å²) in [5.41, 5.74) is 5.69. The van der Waals surface area contributed by atoms with Crippen molar-refractivity contribution in [3.8, 4) is 6.07 Å². The van der Waals surface area contributed by atoms with Crippen LogP contribution in [0.1, 0.15) is 18.5 Å². The monoisotopic (exact) mass is 266 g/mol. The van der Waals surface area contributed by atoms with Gasteiger partial charge in [0.05, 0.1) is 0 Å². The van der Waals surface area contributed by atoms with Gasteiger partial charge in [-0.2, -0.15) is 9.57 Å². The van der Waals surface area contributed by atoms with Crippen LogP contribution in [-0.4, -0.2) is 36.8 Å². The van der Waals surface area contributed by atoms with Crippen LogP contribution in [0.15, 0.2) is 23.2 Å². The van der Waals surface area contributed by atoms with Gasteiger partial charge < -0.3 is 5.73 Å². The summed E-state index contributed by atoms with van der Waals surface area (Å²) in [5.74, 6) is 0. The van der Waals surface area contributed by atoms with E-state index in [2.05, 4.69) is 4.98 Å². The third-order valence-corrected chi connectivity index (χ3v) is 4.92. The van der Waals surface area contributed by atoms with Crippen molar-refractivity contribution < 1.29 is 8.42 Å². The molecule has 2 N–H and O–H groups in total. The predicted octanol–water partition coefficient (Wildman–Crippen LogP) is 0.0651. The van der Waals surface area contributed by atoms with Crippen molar-refractivity contribution in [3.63, 3.8) is 0 Å². The Labute approximate surface area is 106 Å². The molecule has 0 radical (unpaired) electrons. The number of nitriles is 1. The molecule has 0 atom stereocenters. The van der Waals surface area contributed by atoms with Crippen LogP contribution in [0.3, 0.4) is 0 Å². The molecule has 0 saturated carbocycles. The Morgan fingerprint density at radius 3 is 2.72 bits per heavy atom. The van der Waals surface area contributed by atoms with Crippen LogP contribution in [0.5, 0.6) is 0 Å². The molecule has 1 aliphatic heterocycles. The molecule has 1 fully saturated rings. The van der Waals surface area contributed by atoms with E-state index in [-0.39, 0.29) is 16.6 Å². The molecule has 1 aromatic heterocycles. The Morgan fingerprint density at radius 1 is 1.44 bits per heavy atom. The molecule has 2 rings (SSSR count). The number of pyridine rings is 1. The molecule has 2 heterocycles. The Kier molecular flexibility index (Phi) is 3.61. The lowest BCUT2D eigenvalue weighted by Gasteiger charge is -2.29. The molecular weight excluding hydrogens is 252 g/mol. The van der Waals surface area contributed by atoms with Gasteiger partial charge in [0.15, 0.2) is 5.69 Å². The summed E-state index contributed by atoms with van der Waals surface area (Å²) < 4.78 is 26.1. The topological polar surface area (TPSA) is 100 Å². The largest absolute Gasteiger partial charge is 0.328 e. The van der Waals surface area contributed by atoms with Crippen molar-refractivity contribution in [2.45, 2.75) is 23.8 Å². The first-order valence-electron chi connectivity index (χ1n) is 5.66. The minimum Gasteiger partial charge on any atom is -0.328 e. The van der Waals surface area contributed by atoms with E-state index < -0.39 is 10.0 Å². The number of hydrogen-bond acceptors (Lipinski definition) is 5. The second-order valence-corrected chi connectivity index (χ2v) is 6.11. The van der Waals surface area contributed by atoms with E-state index in [1.807, 2.05) is 6.07 Å². The smallest absolute Gasteiger partial charge is 0.245 e. The highest BCUT2D eigenvalue weighted by atomic mass is 32.2. The first-order valence-corrected chi connectivity index (χ1v) is 7.10. The van der Waals surface area contributed by atoms with Crippen LogP contribution in [0.2, 0.25) is 0 Å². The van der Waals surface area contributed by atoms with Crippen LogP contribution in [0.25, 0.3) is 0 Å². The quantitative estimate of drug-likeness (QED) is 0.816. The third kappa shape index (κ3) is 2.36. The molecule has 18 heavy (non-hydrogen) atoms. The Balaban J connectivity index is 2.34. The molecule has 0 bridgehead atoms. The standard InChI is InChI=1S/C11H14N4O2S/c12-8-10-11(2-1-5-14-10)18(16,17)15-6-3-9(13)4-7-15/h1-2,5,9H,3-4,6-7,13H2. The maximum absolute atomic E-state index is 12.4. The molecular formula is C11H14N4O2S. The Hall–Kier alpha value is -1.49. The van der Waals surface area contributed by atoms with E-state index in [1.54, 1.807) is 0 Å². The summed E-state index contributed by atoms with van der Waals surface area (Å²) in [6.07, 6.45) is 2.69. The van der Waals surface area contributed by atoms with Crippen LogP contribution in [-0.2, 0) is 10.0 Å². The van der Waals surface area contributed by atoms with Crippen molar-refractivity contribution in [3.05, 3.63) is 24.0 Å². The predicted molar refractivity (Wildman–Crippen MR) is 64.9 cm³/mol. The minimum atomic E-state index is -3.64. The fourth-order valence-corrected chi connectivity index (χ4v) is 3.50.